The van der Waals surface area contributed by atoms with E-state index in [9.17, 15) is 5.11 Å². The molecule has 29 heavy (non-hydrogen) atoms. The van der Waals surface area contributed by atoms with E-state index in [-0.39, 0.29) is 6.61 Å². The summed E-state index contributed by atoms with van der Waals surface area (Å²) in [6, 6.07) is 21.1. The Labute approximate surface area is 172 Å². The van der Waals surface area contributed by atoms with E-state index in [0.29, 0.717) is 6.04 Å². The van der Waals surface area contributed by atoms with Gasteiger partial charge in [0.25, 0.3) is 0 Å². The first-order valence-corrected chi connectivity index (χ1v) is 10.3. The lowest BCUT2D eigenvalue weighted by molar-refractivity contribution is 0.0494. The van der Waals surface area contributed by atoms with Crippen LogP contribution in [-0.2, 0) is 13.1 Å². The van der Waals surface area contributed by atoms with Crippen molar-refractivity contribution in [1.82, 2.24) is 14.8 Å². The van der Waals surface area contributed by atoms with Gasteiger partial charge in [0, 0.05) is 50.8 Å². The van der Waals surface area contributed by atoms with E-state index in [1.54, 1.807) is 7.11 Å². The molecule has 0 saturated carbocycles. The zero-order valence-electron chi connectivity index (χ0n) is 17.0. The number of ether oxygens (including phenoxy) is 1. The minimum atomic E-state index is 0.210. The number of hydrogen-bond donors (Lipinski definition) is 1. The molecule has 0 radical (unpaired) electrons. The van der Waals surface area contributed by atoms with Crippen LogP contribution in [0.3, 0.4) is 0 Å². The molecule has 1 aromatic heterocycles. The van der Waals surface area contributed by atoms with Crippen molar-refractivity contribution < 1.29 is 9.84 Å². The van der Waals surface area contributed by atoms with E-state index in [2.05, 4.69) is 46.2 Å². The molecule has 0 amide bonds. The molecule has 2 aromatic carbocycles. The van der Waals surface area contributed by atoms with Crippen LogP contribution in [0.5, 0.6) is 5.75 Å². The van der Waals surface area contributed by atoms with Crippen molar-refractivity contribution in [2.75, 3.05) is 33.4 Å². The van der Waals surface area contributed by atoms with E-state index < -0.39 is 0 Å². The molecule has 1 aliphatic rings. The largest absolute Gasteiger partial charge is 0.497 e. The maximum atomic E-state index is 9.60. The van der Waals surface area contributed by atoms with Gasteiger partial charge in [0.2, 0.25) is 0 Å². The van der Waals surface area contributed by atoms with Crippen LogP contribution in [-0.4, -0.2) is 59.3 Å². The van der Waals surface area contributed by atoms with Crippen LogP contribution in [0, 0.1) is 0 Å². The maximum absolute atomic E-state index is 9.60. The highest BCUT2D eigenvalue weighted by atomic mass is 16.5. The van der Waals surface area contributed by atoms with Gasteiger partial charge in [0.1, 0.15) is 5.75 Å². The molecule has 5 heteroatoms. The van der Waals surface area contributed by atoms with Crippen molar-refractivity contribution in [1.29, 1.82) is 0 Å². The van der Waals surface area contributed by atoms with Crippen LogP contribution >= 0.6 is 0 Å². The third-order valence-electron chi connectivity index (χ3n) is 5.71. The number of fused-ring (bicyclic) bond motifs is 1. The van der Waals surface area contributed by atoms with E-state index in [4.69, 9.17) is 9.72 Å². The number of aliphatic hydroxyl groups is 1. The number of pyridine rings is 1. The van der Waals surface area contributed by atoms with Crippen LogP contribution in [0.4, 0.5) is 0 Å². The summed E-state index contributed by atoms with van der Waals surface area (Å²) >= 11 is 0. The van der Waals surface area contributed by atoms with E-state index in [1.807, 2.05) is 24.3 Å². The van der Waals surface area contributed by atoms with Crippen LogP contribution in [0.15, 0.2) is 60.7 Å². The summed E-state index contributed by atoms with van der Waals surface area (Å²) < 4.78 is 5.36. The van der Waals surface area contributed by atoms with Crippen LogP contribution in [0.1, 0.15) is 17.7 Å². The summed E-state index contributed by atoms with van der Waals surface area (Å²) in [5.41, 5.74) is 3.40. The Balaban J connectivity index is 1.42. The number of methoxy groups -OCH3 is 1. The number of rotatable bonds is 7. The summed E-state index contributed by atoms with van der Waals surface area (Å²) in [6.07, 6.45) is 0.783. The second kappa shape index (κ2) is 9.35. The van der Waals surface area contributed by atoms with Crippen molar-refractivity contribution in [3.05, 3.63) is 71.9 Å². The fourth-order valence-electron chi connectivity index (χ4n) is 4.16. The highest BCUT2D eigenvalue weighted by Crippen LogP contribution is 2.21. The van der Waals surface area contributed by atoms with Crippen LogP contribution in [0.2, 0.25) is 0 Å². The molecule has 0 spiro atoms. The predicted molar refractivity (Wildman–Crippen MR) is 116 cm³/mol. The Morgan fingerprint density at radius 2 is 1.93 bits per heavy atom. The lowest BCUT2D eigenvalue weighted by Crippen LogP contribution is -2.52. The highest BCUT2D eigenvalue weighted by molar-refractivity contribution is 5.78. The average Bonchev–Trinajstić information content (AvgIpc) is 2.76. The van der Waals surface area contributed by atoms with Gasteiger partial charge >= 0.3 is 0 Å². The van der Waals surface area contributed by atoms with Gasteiger partial charge in [-0.3, -0.25) is 14.8 Å². The van der Waals surface area contributed by atoms with Gasteiger partial charge in [-0.2, -0.15) is 0 Å². The molecule has 1 saturated heterocycles. The van der Waals surface area contributed by atoms with Gasteiger partial charge in [-0.1, -0.05) is 36.4 Å². The fraction of sp³-hybridized carbons (Fsp3) is 0.375. The fourth-order valence-corrected chi connectivity index (χ4v) is 4.16. The van der Waals surface area contributed by atoms with Gasteiger partial charge in [0.05, 0.1) is 18.3 Å². The number of piperazine rings is 1. The van der Waals surface area contributed by atoms with Gasteiger partial charge in [-0.05, 0) is 36.2 Å². The molecule has 1 unspecified atom stereocenters. The standard InChI is InChI=1S/C24H29N3O2/c1-29-23-7-4-5-19(15-23)16-27-13-12-26(18-22(27)11-14-28)17-21-10-9-20-6-2-3-8-24(20)25-21/h2-10,15,22,28H,11-14,16-18H2,1H3. The zero-order valence-corrected chi connectivity index (χ0v) is 17.0. The summed E-state index contributed by atoms with van der Waals surface area (Å²) in [5, 5.41) is 10.8. The minimum absolute atomic E-state index is 0.210. The third-order valence-corrected chi connectivity index (χ3v) is 5.71. The number of hydrogen-bond acceptors (Lipinski definition) is 5. The average molecular weight is 392 g/mol. The summed E-state index contributed by atoms with van der Waals surface area (Å²) in [6.45, 7) is 4.86. The Morgan fingerprint density at radius 1 is 1.03 bits per heavy atom. The summed E-state index contributed by atoms with van der Waals surface area (Å²) in [7, 11) is 1.70. The molecule has 1 N–H and O–H groups in total. The van der Waals surface area contributed by atoms with Crippen molar-refractivity contribution in [2.45, 2.75) is 25.6 Å². The molecule has 0 aliphatic carbocycles. The molecule has 1 fully saturated rings. The molecule has 1 atom stereocenters. The number of aromatic nitrogens is 1. The third kappa shape index (κ3) is 4.93. The highest BCUT2D eigenvalue weighted by Gasteiger charge is 2.27. The first-order valence-electron chi connectivity index (χ1n) is 10.3. The Hall–Kier alpha value is -2.47. The number of nitrogens with zero attached hydrogens (tertiary/aromatic N) is 3. The molecule has 5 nitrogen and oxygen atoms in total. The molecule has 3 aromatic rings. The van der Waals surface area contributed by atoms with Crippen LogP contribution < -0.4 is 4.74 Å². The van der Waals surface area contributed by atoms with Gasteiger partial charge in [-0.15, -0.1) is 0 Å². The minimum Gasteiger partial charge on any atom is -0.497 e. The molecular formula is C24H29N3O2. The second-order valence-corrected chi connectivity index (χ2v) is 7.72. The Morgan fingerprint density at radius 3 is 2.79 bits per heavy atom. The number of benzene rings is 2. The first kappa shape index (κ1) is 19.8. The topological polar surface area (TPSA) is 48.8 Å². The van der Waals surface area contributed by atoms with Crippen molar-refractivity contribution in [3.63, 3.8) is 0 Å². The van der Waals surface area contributed by atoms with Crippen LogP contribution in [0.25, 0.3) is 10.9 Å². The van der Waals surface area contributed by atoms with Gasteiger partial charge < -0.3 is 9.84 Å². The lowest BCUT2D eigenvalue weighted by Gasteiger charge is -2.41. The number of para-hydroxylation sites is 1. The monoisotopic (exact) mass is 391 g/mol. The van der Waals surface area contributed by atoms with E-state index >= 15 is 0 Å². The van der Waals surface area contributed by atoms with Gasteiger partial charge in [-0.25, -0.2) is 0 Å². The molecule has 0 bridgehead atoms. The SMILES string of the molecule is COc1cccc(CN2CCN(Cc3ccc4ccccc4n3)CC2CCO)c1. The summed E-state index contributed by atoms with van der Waals surface area (Å²) in [5.74, 6) is 0.891. The first-order chi connectivity index (χ1) is 14.2. The Bertz CT molecular complexity index is 946. The van der Waals surface area contributed by atoms with Crippen molar-refractivity contribution >= 4 is 10.9 Å². The number of aliphatic hydroxyl groups excluding tert-OH is 1. The molecular weight excluding hydrogens is 362 g/mol. The van der Waals surface area contributed by atoms with Gasteiger partial charge in [0.15, 0.2) is 0 Å². The molecule has 152 valence electrons. The lowest BCUT2D eigenvalue weighted by atomic mass is 10.1. The second-order valence-electron chi connectivity index (χ2n) is 7.72. The maximum Gasteiger partial charge on any atom is 0.119 e. The molecule has 4 rings (SSSR count). The van der Waals surface area contributed by atoms with E-state index in [0.717, 1.165) is 56.1 Å². The van der Waals surface area contributed by atoms with Crippen molar-refractivity contribution in [3.8, 4) is 5.75 Å². The molecule has 1 aliphatic heterocycles. The molecule has 2 heterocycles. The smallest absolute Gasteiger partial charge is 0.119 e. The quantitative estimate of drug-likeness (QED) is 0.670. The van der Waals surface area contributed by atoms with Crippen molar-refractivity contribution in [2.24, 2.45) is 0 Å². The Kier molecular flexibility index (Phi) is 6.39. The summed E-state index contributed by atoms with van der Waals surface area (Å²) in [4.78, 5) is 9.77. The normalized spacial score (nSPS) is 18.2. The predicted octanol–water partition coefficient (Wildman–Crippen LogP) is 3.31. The van der Waals surface area contributed by atoms with E-state index in [1.165, 1.54) is 10.9 Å². The zero-order chi connectivity index (χ0) is 20.1.